The molecule has 146 valence electrons. The van der Waals surface area contributed by atoms with Crippen LogP contribution in [0.4, 0.5) is 0 Å². The van der Waals surface area contributed by atoms with Gasteiger partial charge >= 0.3 is 0 Å². The van der Waals surface area contributed by atoms with Gasteiger partial charge in [-0.05, 0) is 42.5 Å². The second kappa shape index (κ2) is 8.82. The molecule has 1 atom stereocenters. The van der Waals surface area contributed by atoms with Crippen molar-refractivity contribution in [2.24, 2.45) is 0 Å². The highest BCUT2D eigenvalue weighted by Crippen LogP contribution is 2.38. The molecule has 1 saturated heterocycles. The Morgan fingerprint density at radius 3 is 2.46 bits per heavy atom. The van der Waals surface area contributed by atoms with Gasteiger partial charge in [0.1, 0.15) is 5.37 Å². The van der Waals surface area contributed by atoms with E-state index in [1.807, 2.05) is 47.4 Å². The van der Waals surface area contributed by atoms with Gasteiger partial charge in [-0.15, -0.1) is 11.8 Å². The highest BCUT2D eigenvalue weighted by atomic mass is 32.2. The standard InChI is InChI=1S/C23H26N2O2S/c26-21-16-28-23(25(21)15-14-17-6-2-1-3-7-17)19-12-10-18(11-13-19)22(27)24-20-8-4-5-9-20/h1-3,6-7,10-13,20,23H,4-5,8-9,14-16H2,(H,24,27)/t23-/m0/s1. The third kappa shape index (κ3) is 4.41. The van der Waals surface area contributed by atoms with Gasteiger partial charge in [0.2, 0.25) is 5.91 Å². The van der Waals surface area contributed by atoms with Crippen LogP contribution in [0.5, 0.6) is 0 Å². The van der Waals surface area contributed by atoms with Crippen molar-refractivity contribution in [1.82, 2.24) is 10.2 Å². The maximum Gasteiger partial charge on any atom is 0.251 e. The Kier molecular flexibility index (Phi) is 6.01. The number of nitrogens with zero attached hydrogens (tertiary/aromatic N) is 1. The van der Waals surface area contributed by atoms with E-state index in [0.717, 1.165) is 24.8 Å². The fourth-order valence-electron chi connectivity index (χ4n) is 4.00. The average Bonchev–Trinajstić information content (AvgIpc) is 3.37. The predicted molar refractivity (Wildman–Crippen MR) is 113 cm³/mol. The maximum atomic E-state index is 12.4. The second-order valence-electron chi connectivity index (χ2n) is 7.56. The fraction of sp³-hybridized carbons (Fsp3) is 0.391. The molecule has 1 aliphatic heterocycles. The van der Waals surface area contributed by atoms with E-state index in [1.54, 1.807) is 11.8 Å². The molecular weight excluding hydrogens is 368 g/mol. The molecule has 2 amide bonds. The first kappa shape index (κ1) is 19.1. The molecule has 2 aromatic carbocycles. The lowest BCUT2D eigenvalue weighted by Gasteiger charge is -2.24. The van der Waals surface area contributed by atoms with Gasteiger partial charge in [0.25, 0.3) is 5.91 Å². The number of rotatable bonds is 6. The number of carbonyl (C=O) groups excluding carboxylic acids is 2. The highest BCUT2D eigenvalue weighted by molar-refractivity contribution is 8.00. The summed E-state index contributed by atoms with van der Waals surface area (Å²) in [5, 5.41) is 3.16. The Morgan fingerprint density at radius 2 is 1.75 bits per heavy atom. The number of nitrogens with one attached hydrogen (secondary N) is 1. The molecular formula is C23H26N2O2S. The topological polar surface area (TPSA) is 49.4 Å². The number of hydrogen-bond acceptors (Lipinski definition) is 3. The first-order valence-corrected chi connectivity index (χ1v) is 11.1. The third-order valence-corrected chi connectivity index (χ3v) is 6.86. The molecule has 4 nitrogen and oxygen atoms in total. The lowest BCUT2D eigenvalue weighted by atomic mass is 10.1. The van der Waals surface area contributed by atoms with Crippen LogP contribution in [0.2, 0.25) is 0 Å². The largest absolute Gasteiger partial charge is 0.349 e. The number of amides is 2. The number of thioether (sulfide) groups is 1. The van der Waals surface area contributed by atoms with E-state index >= 15 is 0 Å². The minimum absolute atomic E-state index is 0.00883. The fourth-order valence-corrected chi connectivity index (χ4v) is 5.22. The quantitative estimate of drug-likeness (QED) is 0.800. The lowest BCUT2D eigenvalue weighted by molar-refractivity contribution is -0.128. The summed E-state index contributed by atoms with van der Waals surface area (Å²) in [6, 6.07) is 18.4. The number of hydrogen-bond donors (Lipinski definition) is 1. The molecule has 1 saturated carbocycles. The molecule has 1 N–H and O–H groups in total. The SMILES string of the molecule is O=C(NC1CCCC1)c1ccc([C@@H]2SCC(=O)N2CCc2ccccc2)cc1. The smallest absolute Gasteiger partial charge is 0.251 e. The lowest BCUT2D eigenvalue weighted by Crippen LogP contribution is -2.32. The molecule has 1 aliphatic carbocycles. The van der Waals surface area contributed by atoms with Crippen LogP contribution in [-0.4, -0.2) is 35.1 Å². The summed E-state index contributed by atoms with van der Waals surface area (Å²) < 4.78 is 0. The van der Waals surface area contributed by atoms with E-state index < -0.39 is 0 Å². The zero-order chi connectivity index (χ0) is 19.3. The monoisotopic (exact) mass is 394 g/mol. The molecule has 0 unspecified atom stereocenters. The van der Waals surface area contributed by atoms with Crippen molar-refractivity contribution in [2.45, 2.75) is 43.5 Å². The molecule has 4 rings (SSSR count). The summed E-state index contributed by atoms with van der Waals surface area (Å²) in [5.74, 6) is 0.715. The van der Waals surface area contributed by atoms with Crippen LogP contribution >= 0.6 is 11.8 Å². The summed E-state index contributed by atoms with van der Waals surface area (Å²) in [6.45, 7) is 0.713. The number of benzene rings is 2. The van der Waals surface area contributed by atoms with E-state index in [0.29, 0.717) is 23.9 Å². The van der Waals surface area contributed by atoms with Crippen LogP contribution in [0.25, 0.3) is 0 Å². The minimum atomic E-state index is 0.00883. The maximum absolute atomic E-state index is 12.4. The van der Waals surface area contributed by atoms with Gasteiger partial charge in [0, 0.05) is 18.2 Å². The number of carbonyl (C=O) groups is 2. The van der Waals surface area contributed by atoms with Crippen LogP contribution in [0.3, 0.4) is 0 Å². The van der Waals surface area contributed by atoms with Crippen LogP contribution in [-0.2, 0) is 11.2 Å². The van der Waals surface area contributed by atoms with Gasteiger partial charge in [0.15, 0.2) is 0 Å². The summed E-state index contributed by atoms with van der Waals surface area (Å²) in [6.07, 6.45) is 5.43. The highest BCUT2D eigenvalue weighted by Gasteiger charge is 2.32. The molecule has 0 radical (unpaired) electrons. The van der Waals surface area contributed by atoms with Crippen LogP contribution in [0.15, 0.2) is 54.6 Å². The Bertz CT molecular complexity index is 816. The van der Waals surface area contributed by atoms with Crippen molar-refractivity contribution in [3.63, 3.8) is 0 Å². The van der Waals surface area contributed by atoms with Crippen molar-refractivity contribution >= 4 is 23.6 Å². The average molecular weight is 395 g/mol. The van der Waals surface area contributed by atoms with E-state index in [9.17, 15) is 9.59 Å². The van der Waals surface area contributed by atoms with Gasteiger partial charge in [-0.3, -0.25) is 9.59 Å². The van der Waals surface area contributed by atoms with Crippen LogP contribution in [0, 0.1) is 0 Å². The first-order chi connectivity index (χ1) is 13.7. The zero-order valence-corrected chi connectivity index (χ0v) is 16.8. The Balaban J connectivity index is 1.40. The van der Waals surface area contributed by atoms with Crippen LogP contribution < -0.4 is 5.32 Å². The molecule has 2 fully saturated rings. The molecule has 0 aromatic heterocycles. The second-order valence-corrected chi connectivity index (χ2v) is 8.63. The van der Waals surface area contributed by atoms with Gasteiger partial charge in [-0.1, -0.05) is 55.3 Å². The predicted octanol–water partition coefficient (Wildman–Crippen LogP) is 4.18. The molecule has 0 bridgehead atoms. The summed E-state index contributed by atoms with van der Waals surface area (Å²) in [5.41, 5.74) is 3.02. The molecule has 2 aliphatic rings. The zero-order valence-electron chi connectivity index (χ0n) is 16.0. The normalized spacial score (nSPS) is 19.9. The summed E-state index contributed by atoms with van der Waals surface area (Å²) >= 11 is 1.66. The van der Waals surface area contributed by atoms with E-state index in [1.165, 1.54) is 18.4 Å². The van der Waals surface area contributed by atoms with Crippen LogP contribution in [0.1, 0.15) is 52.5 Å². The van der Waals surface area contributed by atoms with Gasteiger partial charge in [-0.25, -0.2) is 0 Å². The van der Waals surface area contributed by atoms with Crippen molar-refractivity contribution in [3.8, 4) is 0 Å². The molecule has 0 spiro atoms. The van der Waals surface area contributed by atoms with Crippen molar-refractivity contribution < 1.29 is 9.59 Å². The van der Waals surface area contributed by atoms with Gasteiger partial charge in [0.05, 0.1) is 5.75 Å². The van der Waals surface area contributed by atoms with Crippen molar-refractivity contribution in [2.75, 3.05) is 12.3 Å². The molecule has 1 heterocycles. The van der Waals surface area contributed by atoms with E-state index in [-0.39, 0.29) is 17.2 Å². The van der Waals surface area contributed by atoms with E-state index in [2.05, 4.69) is 17.4 Å². The van der Waals surface area contributed by atoms with Crippen molar-refractivity contribution in [3.05, 3.63) is 71.3 Å². The Labute approximate surface area is 170 Å². The Hall–Kier alpha value is -2.27. The molecule has 28 heavy (non-hydrogen) atoms. The van der Waals surface area contributed by atoms with Crippen molar-refractivity contribution in [1.29, 1.82) is 0 Å². The minimum Gasteiger partial charge on any atom is -0.349 e. The van der Waals surface area contributed by atoms with E-state index in [4.69, 9.17) is 0 Å². The molecule has 2 aromatic rings. The van der Waals surface area contributed by atoms with Gasteiger partial charge in [-0.2, -0.15) is 0 Å². The third-order valence-electron chi connectivity index (χ3n) is 5.60. The van der Waals surface area contributed by atoms with Gasteiger partial charge < -0.3 is 10.2 Å². The first-order valence-electron chi connectivity index (χ1n) is 10.1. The summed E-state index contributed by atoms with van der Waals surface area (Å²) in [7, 11) is 0. The summed E-state index contributed by atoms with van der Waals surface area (Å²) in [4.78, 5) is 26.8. The molecule has 5 heteroatoms. The Morgan fingerprint density at radius 1 is 1.04 bits per heavy atom.